The highest BCUT2D eigenvalue weighted by molar-refractivity contribution is 5.91. The fourth-order valence-corrected chi connectivity index (χ4v) is 5.67. The molecule has 14 heteroatoms. The van der Waals surface area contributed by atoms with E-state index in [-0.39, 0.29) is 17.5 Å². The molecule has 11 nitrogen and oxygen atoms in total. The van der Waals surface area contributed by atoms with Crippen LogP contribution in [0.4, 0.5) is 23.7 Å². The molecule has 2 fully saturated rings. The number of halogens is 3. The zero-order chi connectivity index (χ0) is 29.1. The maximum atomic E-state index is 12.7. The number of aromatic nitrogens is 3. The second-order valence-corrected chi connectivity index (χ2v) is 9.89. The Bertz CT molecular complexity index is 1370. The van der Waals surface area contributed by atoms with Crippen LogP contribution in [0.15, 0.2) is 36.4 Å². The minimum atomic E-state index is -5.08. The van der Waals surface area contributed by atoms with Crippen molar-refractivity contribution in [2.24, 2.45) is 0 Å². The van der Waals surface area contributed by atoms with Gasteiger partial charge in [0.1, 0.15) is 5.52 Å². The van der Waals surface area contributed by atoms with Gasteiger partial charge in [-0.3, -0.25) is 5.10 Å². The van der Waals surface area contributed by atoms with E-state index in [9.17, 15) is 18.0 Å². The summed E-state index contributed by atoms with van der Waals surface area (Å²) in [5.41, 5.74) is 3.60. The van der Waals surface area contributed by atoms with Crippen molar-refractivity contribution in [3.05, 3.63) is 42.0 Å². The predicted octanol–water partition coefficient (Wildman–Crippen LogP) is 3.92. The summed E-state index contributed by atoms with van der Waals surface area (Å²) in [6.45, 7) is 1.04. The lowest BCUT2D eigenvalue weighted by atomic mass is 9.65. The van der Waals surface area contributed by atoms with Crippen molar-refractivity contribution in [3.8, 4) is 11.5 Å². The third-order valence-electron chi connectivity index (χ3n) is 7.65. The summed E-state index contributed by atoms with van der Waals surface area (Å²) < 4.78 is 42.8. The molecule has 2 aromatic carbocycles. The van der Waals surface area contributed by atoms with Crippen LogP contribution < -0.4 is 20.1 Å². The van der Waals surface area contributed by atoms with Gasteiger partial charge in [0.25, 0.3) is 0 Å². The van der Waals surface area contributed by atoms with E-state index in [0.29, 0.717) is 11.7 Å². The Morgan fingerprint density at radius 2 is 1.85 bits per heavy atom. The number of urea groups is 1. The first-order valence-electron chi connectivity index (χ1n) is 12.6. The SMILES string of the molecule is COc1ccc([C@@]23CC[C@@H](NC(=O)Nc4ccc5[nH]nnc5c4)C[C@@H]2N(C)CC3)cc1OC.O=C(O)C(F)(F)F. The predicted molar refractivity (Wildman–Crippen MR) is 140 cm³/mol. The summed E-state index contributed by atoms with van der Waals surface area (Å²) in [5, 5.41) is 23.8. The molecule has 216 valence electrons. The van der Waals surface area contributed by atoms with E-state index in [1.807, 2.05) is 24.3 Å². The molecule has 1 saturated carbocycles. The molecule has 40 heavy (non-hydrogen) atoms. The molecule has 1 aromatic heterocycles. The van der Waals surface area contributed by atoms with Gasteiger partial charge in [0.15, 0.2) is 11.5 Å². The van der Waals surface area contributed by atoms with Gasteiger partial charge in [-0.05, 0) is 75.2 Å². The third-order valence-corrected chi connectivity index (χ3v) is 7.65. The van der Waals surface area contributed by atoms with Crippen molar-refractivity contribution in [1.29, 1.82) is 0 Å². The lowest BCUT2D eigenvalue weighted by Crippen LogP contribution is -2.52. The normalized spacial score (nSPS) is 22.6. The first-order valence-corrected chi connectivity index (χ1v) is 12.6. The average Bonchev–Trinajstić information content (AvgIpc) is 3.52. The number of likely N-dealkylation sites (N-methyl/N-ethyl adjacent to an activating group) is 1. The number of carboxylic acids is 1. The molecule has 5 rings (SSSR count). The van der Waals surface area contributed by atoms with Gasteiger partial charge in [-0.15, -0.1) is 5.10 Å². The summed E-state index contributed by atoms with van der Waals surface area (Å²) in [7, 11) is 5.52. The molecular formula is C26H31F3N6O5. The van der Waals surface area contributed by atoms with Crippen LogP contribution in [0.5, 0.6) is 11.5 Å². The molecule has 3 atom stereocenters. The number of alkyl halides is 3. The number of likely N-dealkylation sites (tertiary alicyclic amines) is 1. The molecule has 0 radical (unpaired) electrons. The van der Waals surface area contributed by atoms with Crippen LogP contribution in [0.3, 0.4) is 0 Å². The van der Waals surface area contributed by atoms with E-state index in [1.54, 1.807) is 14.2 Å². The zero-order valence-electron chi connectivity index (χ0n) is 22.2. The number of benzene rings is 2. The van der Waals surface area contributed by atoms with Crippen LogP contribution in [0, 0.1) is 0 Å². The van der Waals surface area contributed by atoms with Crippen molar-refractivity contribution < 1.29 is 37.3 Å². The third kappa shape index (κ3) is 6.06. The number of carbonyl (C=O) groups excluding carboxylic acids is 1. The summed E-state index contributed by atoms with van der Waals surface area (Å²) in [5.74, 6) is -1.25. The van der Waals surface area contributed by atoms with E-state index < -0.39 is 12.1 Å². The minimum absolute atomic E-state index is 0.0565. The van der Waals surface area contributed by atoms with Gasteiger partial charge >= 0.3 is 18.2 Å². The first kappa shape index (κ1) is 28.9. The monoisotopic (exact) mass is 564 g/mol. The molecule has 0 unspecified atom stereocenters. The van der Waals surface area contributed by atoms with Crippen molar-refractivity contribution in [2.75, 3.05) is 33.1 Å². The number of carbonyl (C=O) groups is 2. The topological polar surface area (TPSA) is 142 Å². The van der Waals surface area contributed by atoms with Crippen LogP contribution in [0.1, 0.15) is 31.2 Å². The Kier molecular flexibility index (Phi) is 8.37. The molecular weight excluding hydrogens is 533 g/mol. The average molecular weight is 565 g/mol. The maximum absolute atomic E-state index is 12.7. The molecule has 1 aliphatic carbocycles. The number of nitrogens with one attached hydrogen (secondary N) is 3. The number of anilines is 1. The van der Waals surface area contributed by atoms with Gasteiger partial charge in [-0.2, -0.15) is 13.2 Å². The van der Waals surface area contributed by atoms with Gasteiger partial charge in [0.05, 0.1) is 19.7 Å². The van der Waals surface area contributed by atoms with Gasteiger partial charge in [-0.25, -0.2) is 9.59 Å². The van der Waals surface area contributed by atoms with Crippen LogP contribution in [0.2, 0.25) is 0 Å². The summed E-state index contributed by atoms with van der Waals surface area (Å²) in [6, 6.07) is 12.1. The Morgan fingerprint density at radius 3 is 2.52 bits per heavy atom. The lowest BCUT2D eigenvalue weighted by molar-refractivity contribution is -0.192. The highest BCUT2D eigenvalue weighted by Gasteiger charge is 2.50. The number of aromatic amines is 1. The van der Waals surface area contributed by atoms with E-state index in [4.69, 9.17) is 19.4 Å². The van der Waals surface area contributed by atoms with Gasteiger partial charge in [-0.1, -0.05) is 11.3 Å². The number of ether oxygens (including phenoxy) is 2. The van der Waals surface area contributed by atoms with Crippen LogP contribution >= 0.6 is 0 Å². The summed E-state index contributed by atoms with van der Waals surface area (Å²) in [4.78, 5) is 24.0. The zero-order valence-corrected chi connectivity index (χ0v) is 22.2. The Labute approximate surface area is 228 Å². The van der Waals surface area contributed by atoms with E-state index in [2.05, 4.69) is 50.1 Å². The van der Waals surface area contributed by atoms with Crippen molar-refractivity contribution in [2.45, 2.75) is 49.4 Å². The molecule has 0 bridgehead atoms. The molecule has 3 aromatic rings. The number of methoxy groups -OCH3 is 2. The lowest BCUT2D eigenvalue weighted by Gasteiger charge is -2.45. The Hall–Kier alpha value is -4.07. The van der Waals surface area contributed by atoms with Gasteiger partial charge < -0.3 is 30.1 Å². The van der Waals surface area contributed by atoms with Crippen LogP contribution in [-0.2, 0) is 10.2 Å². The molecule has 2 heterocycles. The molecule has 4 N–H and O–H groups in total. The fourth-order valence-electron chi connectivity index (χ4n) is 5.67. The molecule has 2 amide bonds. The van der Waals surface area contributed by atoms with Crippen molar-refractivity contribution >= 4 is 28.7 Å². The second-order valence-electron chi connectivity index (χ2n) is 9.89. The van der Waals surface area contributed by atoms with Gasteiger partial charge in [0, 0.05) is 23.2 Å². The number of carboxylic acid groups (broad SMARTS) is 1. The maximum Gasteiger partial charge on any atom is 0.490 e. The van der Waals surface area contributed by atoms with Crippen molar-refractivity contribution in [3.63, 3.8) is 0 Å². The molecule has 0 spiro atoms. The number of H-pyrrole nitrogens is 1. The number of rotatable bonds is 5. The molecule has 1 aliphatic heterocycles. The van der Waals surface area contributed by atoms with Crippen LogP contribution in [0.25, 0.3) is 11.0 Å². The Morgan fingerprint density at radius 1 is 1.12 bits per heavy atom. The van der Waals surface area contributed by atoms with E-state index in [0.717, 1.165) is 54.8 Å². The summed E-state index contributed by atoms with van der Waals surface area (Å²) in [6.07, 6.45) is -1.15. The highest BCUT2D eigenvalue weighted by atomic mass is 19.4. The van der Waals surface area contributed by atoms with Gasteiger partial charge in [0.2, 0.25) is 0 Å². The molecule has 1 saturated heterocycles. The van der Waals surface area contributed by atoms with E-state index in [1.165, 1.54) is 5.56 Å². The standard InChI is InChI=1S/C24H30N6O3.C2HF3O2/c1-30-11-10-24(15-4-7-20(32-2)21(12-15)33-3)9-8-17(14-22(24)30)26-23(31)25-16-5-6-18-19(13-16)28-29-27-18;3-2(4,5)1(6)7/h4-7,12-13,17,22H,8-11,14H2,1-3H3,(H2,25,26,31)(H,27,28,29);(H,6,7)/t17-,22+,24+;/m1./s1. The van der Waals surface area contributed by atoms with Crippen LogP contribution in [-0.4, -0.2) is 83.5 Å². The number of aliphatic carboxylic acids is 1. The molecule has 2 aliphatic rings. The Balaban J connectivity index is 0.000000470. The number of nitrogens with zero attached hydrogens (tertiary/aromatic N) is 3. The smallest absolute Gasteiger partial charge is 0.490 e. The largest absolute Gasteiger partial charge is 0.493 e. The van der Waals surface area contributed by atoms with E-state index >= 15 is 0 Å². The van der Waals surface area contributed by atoms with Crippen molar-refractivity contribution in [1.82, 2.24) is 25.6 Å². The first-order chi connectivity index (χ1) is 19.0. The number of hydrogen-bond acceptors (Lipinski definition) is 7. The summed E-state index contributed by atoms with van der Waals surface area (Å²) >= 11 is 0. The fraction of sp³-hybridized carbons (Fsp3) is 0.462. The quantitative estimate of drug-likeness (QED) is 0.365. The minimum Gasteiger partial charge on any atom is -0.493 e. The second kappa shape index (κ2) is 11.6. The highest BCUT2D eigenvalue weighted by Crippen LogP contribution is 2.49. The number of hydrogen-bond donors (Lipinski definition) is 4. The number of amides is 2. The number of fused-ring (bicyclic) bond motifs is 2.